The van der Waals surface area contributed by atoms with Crippen LogP contribution >= 0.6 is 0 Å². The van der Waals surface area contributed by atoms with Gasteiger partial charge in [-0.25, -0.2) is 23.4 Å². The number of morpholine rings is 1. The van der Waals surface area contributed by atoms with Crippen molar-refractivity contribution in [2.45, 2.75) is 26.1 Å². The van der Waals surface area contributed by atoms with Crippen molar-refractivity contribution < 1.29 is 22.7 Å². The zero-order valence-electron chi connectivity index (χ0n) is 20.9. The molecule has 3 aromatic rings. The first kappa shape index (κ1) is 24.8. The predicted molar refractivity (Wildman–Crippen MR) is 142 cm³/mol. The van der Waals surface area contributed by atoms with Crippen LogP contribution in [-0.4, -0.2) is 69.2 Å². The molecular formula is C26H27N5O5S. The van der Waals surface area contributed by atoms with Crippen LogP contribution in [0.15, 0.2) is 47.7 Å². The molecular weight excluding hydrogens is 494 g/mol. The zero-order valence-corrected chi connectivity index (χ0v) is 21.7. The highest BCUT2D eigenvalue weighted by molar-refractivity contribution is 7.92. The van der Waals surface area contributed by atoms with E-state index in [9.17, 15) is 13.2 Å². The molecule has 0 aliphatic carbocycles. The van der Waals surface area contributed by atoms with E-state index in [1.807, 2.05) is 38.1 Å². The second-order valence-corrected chi connectivity index (χ2v) is 11.0. The van der Waals surface area contributed by atoms with Gasteiger partial charge in [0.25, 0.3) is 5.91 Å². The second kappa shape index (κ2) is 9.56. The van der Waals surface area contributed by atoms with Gasteiger partial charge >= 0.3 is 0 Å². The molecule has 0 saturated carbocycles. The van der Waals surface area contributed by atoms with Gasteiger partial charge in [0.2, 0.25) is 15.9 Å². The number of aliphatic imine (C=N–C) groups is 1. The number of methoxy groups -OCH3 is 1. The van der Waals surface area contributed by atoms with E-state index in [0.717, 1.165) is 36.3 Å². The lowest BCUT2D eigenvalue weighted by molar-refractivity contribution is -0.00545. The summed E-state index contributed by atoms with van der Waals surface area (Å²) >= 11 is 0. The zero-order chi connectivity index (χ0) is 26.3. The number of fused-ring (bicyclic) bond motifs is 1. The number of amides is 1. The van der Waals surface area contributed by atoms with Crippen LogP contribution in [0.4, 0.5) is 11.5 Å². The topological polar surface area (TPSA) is 123 Å². The maximum atomic E-state index is 12.6. The molecule has 10 nitrogen and oxygen atoms in total. The number of nitrogens with zero attached hydrogens (tertiary/aromatic N) is 4. The minimum atomic E-state index is -3.57. The van der Waals surface area contributed by atoms with Crippen LogP contribution in [0.1, 0.15) is 29.8 Å². The van der Waals surface area contributed by atoms with Crippen LogP contribution in [0.5, 0.6) is 5.88 Å². The number of hydrogen-bond donors (Lipinski definition) is 1. The van der Waals surface area contributed by atoms with Crippen LogP contribution in [-0.2, 0) is 14.8 Å². The van der Waals surface area contributed by atoms with Crippen LogP contribution in [0.3, 0.4) is 0 Å². The predicted octanol–water partition coefficient (Wildman–Crippen LogP) is 3.38. The minimum Gasteiger partial charge on any atom is -0.480 e. The van der Waals surface area contributed by atoms with Gasteiger partial charge in [-0.05, 0) is 60.9 Å². The third-order valence-electron chi connectivity index (χ3n) is 6.19. The van der Waals surface area contributed by atoms with E-state index in [4.69, 9.17) is 9.47 Å². The van der Waals surface area contributed by atoms with Crippen molar-refractivity contribution in [1.82, 2.24) is 9.97 Å². The van der Waals surface area contributed by atoms with Crippen LogP contribution in [0, 0.1) is 0 Å². The highest BCUT2D eigenvalue weighted by atomic mass is 32.2. The van der Waals surface area contributed by atoms with Gasteiger partial charge in [-0.15, -0.1) is 0 Å². The summed E-state index contributed by atoms with van der Waals surface area (Å²) in [5, 5.41) is 0. The Morgan fingerprint density at radius 1 is 1.03 bits per heavy atom. The molecule has 192 valence electrons. The quantitative estimate of drug-likeness (QED) is 0.524. The number of aromatic nitrogens is 2. The molecule has 37 heavy (non-hydrogen) atoms. The summed E-state index contributed by atoms with van der Waals surface area (Å²) in [6.45, 7) is 5.55. The fourth-order valence-corrected chi connectivity index (χ4v) is 5.28. The van der Waals surface area contributed by atoms with E-state index in [1.54, 1.807) is 18.5 Å². The van der Waals surface area contributed by atoms with Crippen molar-refractivity contribution in [1.29, 1.82) is 0 Å². The summed E-state index contributed by atoms with van der Waals surface area (Å²) in [6.07, 6.45) is 6.10. The normalized spacial score (nSPS) is 19.1. The average Bonchev–Trinajstić information content (AvgIpc) is 3.22. The van der Waals surface area contributed by atoms with Crippen molar-refractivity contribution in [3.63, 3.8) is 0 Å². The molecule has 1 saturated heterocycles. The smallest absolute Gasteiger partial charge is 0.277 e. The van der Waals surface area contributed by atoms with Gasteiger partial charge in [0.05, 0.1) is 31.1 Å². The Morgan fingerprint density at radius 3 is 2.46 bits per heavy atom. The molecule has 0 radical (unpaired) electrons. The Morgan fingerprint density at radius 2 is 1.76 bits per heavy atom. The summed E-state index contributed by atoms with van der Waals surface area (Å²) in [5.41, 5.74) is 4.31. The Balaban J connectivity index is 1.60. The van der Waals surface area contributed by atoms with E-state index in [0.29, 0.717) is 22.3 Å². The second-order valence-electron chi connectivity index (χ2n) is 9.27. The van der Waals surface area contributed by atoms with Gasteiger partial charge in [-0.3, -0.25) is 9.52 Å². The Labute approximate surface area is 215 Å². The largest absolute Gasteiger partial charge is 0.480 e. The number of hydrogen-bond acceptors (Lipinski definition) is 8. The van der Waals surface area contributed by atoms with Crippen molar-refractivity contribution >= 4 is 33.7 Å². The van der Waals surface area contributed by atoms with Gasteiger partial charge in [0, 0.05) is 42.8 Å². The lowest BCUT2D eigenvalue weighted by atomic mass is 9.92. The number of pyridine rings is 2. The van der Waals surface area contributed by atoms with Crippen LogP contribution in [0.2, 0.25) is 0 Å². The first-order valence-electron chi connectivity index (χ1n) is 11.8. The number of nitrogens with one attached hydrogen (secondary N) is 1. The summed E-state index contributed by atoms with van der Waals surface area (Å²) < 4.78 is 37.4. The average molecular weight is 522 g/mol. The highest BCUT2D eigenvalue weighted by Crippen LogP contribution is 2.37. The summed E-state index contributed by atoms with van der Waals surface area (Å²) in [7, 11) is -2.16. The molecule has 2 aliphatic heterocycles. The number of carbonyl (C=O) groups excluding carboxylic acids is 1. The molecule has 1 aromatic carbocycles. The molecule has 11 heteroatoms. The summed E-state index contributed by atoms with van der Waals surface area (Å²) in [6, 6.07) is 9.30. The van der Waals surface area contributed by atoms with Crippen molar-refractivity contribution in [2.75, 3.05) is 36.1 Å². The van der Waals surface area contributed by atoms with Crippen LogP contribution in [0.25, 0.3) is 22.3 Å². The number of ether oxygens (including phenoxy) is 2. The molecule has 5 rings (SSSR count). The molecule has 0 spiro atoms. The molecule has 2 aromatic heterocycles. The monoisotopic (exact) mass is 521 g/mol. The third kappa shape index (κ3) is 5.18. The SMILES string of the molecule is COc1ncc(-c2cc(-c3ccnc(N4C[C@@H](C)O[C@@H](C)C4)c3)cc3c2C=NC3=O)cc1NS(C)(=O)=O. The standard InChI is InChI=1S/C26H27N5O5S/c1-15-13-31(14-16(2)36-15)24-10-17(5-6-27-24)18-7-20(22-12-28-25(32)21(22)8-18)19-9-23(30-37(4,33)34)26(35-3)29-11-19/h5-12,15-16,30H,13-14H2,1-4H3/t15-,16+. The maximum absolute atomic E-state index is 12.6. The Kier molecular flexibility index (Phi) is 6.42. The lowest BCUT2D eigenvalue weighted by Gasteiger charge is -2.36. The van der Waals surface area contributed by atoms with E-state index >= 15 is 0 Å². The fourth-order valence-electron chi connectivity index (χ4n) is 4.74. The molecule has 0 unspecified atom stereocenters. The molecule has 4 heterocycles. The fraction of sp³-hybridized carbons (Fsp3) is 0.308. The maximum Gasteiger partial charge on any atom is 0.277 e. The van der Waals surface area contributed by atoms with E-state index in [1.165, 1.54) is 13.3 Å². The summed E-state index contributed by atoms with van der Waals surface area (Å²) in [4.78, 5) is 27.7. The first-order chi connectivity index (χ1) is 17.6. The molecule has 1 N–H and O–H groups in total. The molecule has 0 bridgehead atoms. The number of benzene rings is 1. The molecule has 1 fully saturated rings. The van der Waals surface area contributed by atoms with Crippen molar-refractivity contribution in [3.05, 3.63) is 53.9 Å². The van der Waals surface area contributed by atoms with Gasteiger partial charge in [-0.1, -0.05) is 0 Å². The first-order valence-corrected chi connectivity index (χ1v) is 13.7. The van der Waals surface area contributed by atoms with E-state index < -0.39 is 10.0 Å². The van der Waals surface area contributed by atoms with Crippen LogP contribution < -0.4 is 14.4 Å². The van der Waals surface area contributed by atoms with Gasteiger partial charge in [0.1, 0.15) is 11.5 Å². The molecule has 1 amide bonds. The number of carbonyl (C=O) groups is 1. The number of rotatable bonds is 6. The minimum absolute atomic E-state index is 0.0906. The molecule has 2 atom stereocenters. The van der Waals surface area contributed by atoms with Gasteiger partial charge < -0.3 is 14.4 Å². The number of anilines is 2. The Hall–Kier alpha value is -3.83. The van der Waals surface area contributed by atoms with Crippen molar-refractivity contribution in [3.8, 4) is 28.1 Å². The summed E-state index contributed by atoms with van der Waals surface area (Å²) in [5.74, 6) is 0.633. The molecule has 2 aliphatic rings. The van der Waals surface area contributed by atoms with E-state index in [2.05, 4.69) is 24.6 Å². The number of sulfonamides is 1. The third-order valence-corrected chi connectivity index (χ3v) is 6.79. The van der Waals surface area contributed by atoms with Crippen molar-refractivity contribution in [2.24, 2.45) is 4.99 Å². The Bertz CT molecular complexity index is 1510. The van der Waals surface area contributed by atoms with Gasteiger partial charge in [-0.2, -0.15) is 0 Å². The van der Waals surface area contributed by atoms with E-state index in [-0.39, 0.29) is 29.7 Å². The lowest BCUT2D eigenvalue weighted by Crippen LogP contribution is -2.45. The van der Waals surface area contributed by atoms with Gasteiger partial charge in [0.15, 0.2) is 0 Å². The highest BCUT2D eigenvalue weighted by Gasteiger charge is 2.25.